The number of nitrogens with one attached hydrogen (secondary N) is 1. The maximum Gasteiger partial charge on any atom is 0.137 e. The fraction of sp³-hybridized carbons (Fsp3) is 0.222. The van der Waals surface area contributed by atoms with Gasteiger partial charge in [0.2, 0.25) is 0 Å². The summed E-state index contributed by atoms with van der Waals surface area (Å²) in [5.41, 5.74) is 2.30. The lowest BCUT2D eigenvalue weighted by Gasteiger charge is -2.05. The maximum atomic E-state index is 4.31. The molecule has 2 aromatic heterocycles. The Morgan fingerprint density at radius 3 is 3.00 bits per heavy atom. The van der Waals surface area contributed by atoms with Crippen LogP contribution in [-0.4, -0.2) is 16.5 Å². The van der Waals surface area contributed by atoms with Crippen LogP contribution in [0.15, 0.2) is 42.0 Å². The molecule has 0 saturated heterocycles. The summed E-state index contributed by atoms with van der Waals surface area (Å²) in [5.74, 6) is 7.37. The van der Waals surface area contributed by atoms with E-state index in [-0.39, 0.29) is 0 Å². The smallest absolute Gasteiger partial charge is 0.137 e. The highest BCUT2D eigenvalue weighted by atomic mass is 32.1. The minimum atomic E-state index is 0.779. The number of hydrogen-bond acceptors (Lipinski definition) is 4. The number of hydrogen-bond donors (Lipinski definition) is 1. The Morgan fingerprint density at radius 2 is 2.09 bits per heavy atom. The minimum absolute atomic E-state index is 0.779. The zero-order chi connectivity index (χ0) is 15.2. The lowest BCUT2D eigenvalue weighted by atomic mass is 10.2. The molecule has 1 aromatic carbocycles. The normalized spacial score (nSPS) is 10.2. The Bertz CT molecular complexity index is 821. The lowest BCUT2D eigenvalue weighted by molar-refractivity contribution is 1.07. The summed E-state index contributed by atoms with van der Waals surface area (Å²) in [7, 11) is 0. The van der Waals surface area contributed by atoms with E-state index in [0.29, 0.717) is 0 Å². The van der Waals surface area contributed by atoms with Gasteiger partial charge in [0.05, 0.1) is 10.4 Å². The molecule has 0 aliphatic rings. The van der Waals surface area contributed by atoms with Crippen LogP contribution < -0.4 is 5.32 Å². The molecule has 0 aliphatic heterocycles. The highest BCUT2D eigenvalue weighted by molar-refractivity contribution is 7.10. The number of anilines is 1. The van der Waals surface area contributed by atoms with Gasteiger partial charge in [0.25, 0.3) is 0 Å². The van der Waals surface area contributed by atoms with E-state index in [1.54, 1.807) is 17.7 Å². The number of para-hydroxylation sites is 1. The van der Waals surface area contributed by atoms with E-state index < -0.39 is 0 Å². The molecule has 3 rings (SSSR count). The van der Waals surface area contributed by atoms with Crippen molar-refractivity contribution < 1.29 is 0 Å². The van der Waals surface area contributed by atoms with E-state index in [2.05, 4.69) is 45.5 Å². The Kier molecular flexibility index (Phi) is 4.67. The van der Waals surface area contributed by atoms with Gasteiger partial charge in [0, 0.05) is 18.4 Å². The van der Waals surface area contributed by atoms with Crippen LogP contribution in [0.5, 0.6) is 0 Å². The number of fused-ring (bicyclic) bond motifs is 1. The van der Waals surface area contributed by atoms with Crippen LogP contribution in [-0.2, 0) is 6.42 Å². The third kappa shape index (κ3) is 3.26. The van der Waals surface area contributed by atoms with Crippen molar-refractivity contribution in [3.05, 3.63) is 52.5 Å². The second-order valence-electron chi connectivity index (χ2n) is 4.85. The third-order valence-corrected chi connectivity index (χ3v) is 4.29. The van der Waals surface area contributed by atoms with Gasteiger partial charge in [0.15, 0.2) is 0 Å². The van der Waals surface area contributed by atoms with Gasteiger partial charge in [-0.05, 0) is 35.6 Å². The van der Waals surface area contributed by atoms with Crippen LogP contribution in [0.1, 0.15) is 23.8 Å². The van der Waals surface area contributed by atoms with Crippen LogP contribution in [0.25, 0.3) is 10.9 Å². The first-order valence-electron chi connectivity index (χ1n) is 7.37. The standard InChI is InChI=1S/C18H17N3S/c1-2-14-10-12-22-17(14)9-5-6-11-19-18-15-7-3-4-8-16(15)20-13-21-18/h3-4,7-8,10,12-13H,2,6,11H2,1H3,(H,19,20,21). The van der Waals surface area contributed by atoms with Crippen LogP contribution in [0.4, 0.5) is 5.82 Å². The summed E-state index contributed by atoms with van der Waals surface area (Å²) < 4.78 is 0. The molecule has 4 heteroatoms. The number of aromatic nitrogens is 2. The second-order valence-corrected chi connectivity index (χ2v) is 5.76. The molecule has 3 aromatic rings. The molecule has 0 bridgehead atoms. The lowest BCUT2D eigenvalue weighted by Crippen LogP contribution is -2.03. The molecule has 0 unspecified atom stereocenters. The largest absolute Gasteiger partial charge is 0.368 e. The number of thiophene rings is 1. The first kappa shape index (κ1) is 14.6. The van der Waals surface area contributed by atoms with Gasteiger partial charge in [-0.2, -0.15) is 0 Å². The first-order chi connectivity index (χ1) is 10.9. The molecule has 0 fully saturated rings. The van der Waals surface area contributed by atoms with E-state index >= 15 is 0 Å². The van der Waals surface area contributed by atoms with E-state index in [1.165, 1.54) is 10.4 Å². The number of aryl methyl sites for hydroxylation is 1. The topological polar surface area (TPSA) is 37.8 Å². The molecule has 0 atom stereocenters. The SMILES string of the molecule is CCc1ccsc1C#CCCNc1ncnc2ccccc12. The third-order valence-electron chi connectivity index (χ3n) is 3.41. The van der Waals surface area contributed by atoms with Gasteiger partial charge in [-0.1, -0.05) is 30.9 Å². The van der Waals surface area contributed by atoms with Crippen molar-refractivity contribution in [2.45, 2.75) is 19.8 Å². The summed E-state index contributed by atoms with van der Waals surface area (Å²) in [6.45, 7) is 2.94. The predicted molar refractivity (Wildman–Crippen MR) is 93.2 cm³/mol. The van der Waals surface area contributed by atoms with E-state index in [4.69, 9.17) is 0 Å². The molecule has 3 nitrogen and oxygen atoms in total. The summed E-state index contributed by atoms with van der Waals surface area (Å²) in [4.78, 5) is 9.76. The van der Waals surface area contributed by atoms with Crippen molar-refractivity contribution in [2.24, 2.45) is 0 Å². The summed E-state index contributed by atoms with van der Waals surface area (Å²) in [6, 6.07) is 10.2. The number of nitrogens with zero attached hydrogens (tertiary/aromatic N) is 2. The Hall–Kier alpha value is -2.38. The molecule has 0 radical (unpaired) electrons. The number of benzene rings is 1. The quantitative estimate of drug-likeness (QED) is 0.582. The molecule has 110 valence electrons. The molecule has 22 heavy (non-hydrogen) atoms. The summed E-state index contributed by atoms with van der Waals surface area (Å²) in [5, 5.41) is 6.50. The van der Waals surface area contributed by atoms with Crippen LogP contribution in [0, 0.1) is 11.8 Å². The van der Waals surface area contributed by atoms with Gasteiger partial charge in [-0.25, -0.2) is 9.97 Å². The first-order valence-corrected chi connectivity index (χ1v) is 8.25. The van der Waals surface area contributed by atoms with Gasteiger partial charge in [0.1, 0.15) is 12.1 Å². The molecule has 0 spiro atoms. The fourth-order valence-electron chi connectivity index (χ4n) is 2.26. The molecular weight excluding hydrogens is 290 g/mol. The van der Waals surface area contributed by atoms with Crippen molar-refractivity contribution in [3.63, 3.8) is 0 Å². The van der Waals surface area contributed by atoms with E-state index in [1.807, 2.05) is 24.3 Å². The molecule has 0 amide bonds. The average molecular weight is 307 g/mol. The van der Waals surface area contributed by atoms with Crippen LogP contribution in [0.2, 0.25) is 0 Å². The fourth-order valence-corrected chi connectivity index (χ4v) is 3.12. The Balaban J connectivity index is 1.62. The average Bonchev–Trinajstić information content (AvgIpc) is 3.02. The monoisotopic (exact) mass is 307 g/mol. The van der Waals surface area contributed by atoms with Crippen molar-refractivity contribution in [2.75, 3.05) is 11.9 Å². The molecule has 0 saturated carbocycles. The van der Waals surface area contributed by atoms with Gasteiger partial charge >= 0.3 is 0 Å². The molecule has 0 aliphatic carbocycles. The highest BCUT2D eigenvalue weighted by Gasteiger charge is 2.01. The zero-order valence-electron chi connectivity index (χ0n) is 12.5. The molecular formula is C18H17N3S. The van der Waals surface area contributed by atoms with Crippen LogP contribution in [0.3, 0.4) is 0 Å². The van der Waals surface area contributed by atoms with Gasteiger partial charge in [-0.3, -0.25) is 0 Å². The Labute approximate surface area is 134 Å². The van der Waals surface area contributed by atoms with Gasteiger partial charge in [-0.15, -0.1) is 11.3 Å². The maximum absolute atomic E-state index is 4.31. The molecule has 1 N–H and O–H groups in total. The molecule has 2 heterocycles. The van der Waals surface area contributed by atoms with Crippen molar-refractivity contribution in [3.8, 4) is 11.8 Å². The van der Waals surface area contributed by atoms with Crippen molar-refractivity contribution >= 4 is 28.1 Å². The Morgan fingerprint density at radius 1 is 1.18 bits per heavy atom. The van der Waals surface area contributed by atoms with Crippen molar-refractivity contribution in [1.82, 2.24) is 9.97 Å². The van der Waals surface area contributed by atoms with Crippen molar-refractivity contribution in [1.29, 1.82) is 0 Å². The number of rotatable bonds is 4. The minimum Gasteiger partial charge on any atom is -0.368 e. The zero-order valence-corrected chi connectivity index (χ0v) is 13.3. The van der Waals surface area contributed by atoms with E-state index in [0.717, 1.165) is 36.1 Å². The van der Waals surface area contributed by atoms with Crippen LogP contribution >= 0.6 is 11.3 Å². The van der Waals surface area contributed by atoms with Gasteiger partial charge < -0.3 is 5.32 Å². The highest BCUT2D eigenvalue weighted by Crippen LogP contribution is 2.18. The van der Waals surface area contributed by atoms with E-state index in [9.17, 15) is 0 Å². The predicted octanol–water partition coefficient (Wildman–Crippen LogP) is 4.11. The summed E-state index contributed by atoms with van der Waals surface area (Å²) in [6.07, 6.45) is 3.42. The second kappa shape index (κ2) is 7.06. The summed E-state index contributed by atoms with van der Waals surface area (Å²) >= 11 is 1.72.